The number of likely N-dealkylation sites (tertiary alicyclic amines) is 1. The van der Waals surface area contributed by atoms with Gasteiger partial charge in [0.15, 0.2) is 0 Å². The van der Waals surface area contributed by atoms with E-state index in [0.29, 0.717) is 6.04 Å². The van der Waals surface area contributed by atoms with Crippen molar-refractivity contribution in [2.24, 2.45) is 0 Å². The summed E-state index contributed by atoms with van der Waals surface area (Å²) in [5, 5.41) is 1.26. The van der Waals surface area contributed by atoms with Crippen molar-refractivity contribution in [2.75, 3.05) is 20.7 Å². The molecule has 1 atom stereocenters. The summed E-state index contributed by atoms with van der Waals surface area (Å²) >= 11 is 0. The standard InChI is InChI=1S/C16H22N2O/c1-17-9-4-3-5-14(17)12-18-10-8-13-11-15(19-2)6-7-16(13)18/h6-8,10-11,14H,3-5,9,12H2,1-2H3/t14-/m1/s1. The molecule has 0 spiro atoms. The van der Waals surface area contributed by atoms with Gasteiger partial charge in [-0.05, 0) is 50.7 Å². The molecule has 1 aliphatic heterocycles. The van der Waals surface area contributed by atoms with Crippen LogP contribution >= 0.6 is 0 Å². The number of nitrogens with zero attached hydrogens (tertiary/aromatic N) is 2. The number of fused-ring (bicyclic) bond motifs is 1. The molecule has 2 heterocycles. The molecular formula is C16H22N2O. The van der Waals surface area contributed by atoms with Gasteiger partial charge in [0, 0.05) is 29.7 Å². The lowest BCUT2D eigenvalue weighted by Gasteiger charge is -2.32. The Morgan fingerprint density at radius 1 is 1.26 bits per heavy atom. The van der Waals surface area contributed by atoms with Crippen LogP contribution in [0.15, 0.2) is 30.5 Å². The number of aromatic nitrogens is 1. The first kappa shape index (κ1) is 12.5. The second kappa shape index (κ2) is 5.25. The van der Waals surface area contributed by atoms with E-state index in [9.17, 15) is 0 Å². The molecule has 1 aromatic heterocycles. The molecule has 0 radical (unpaired) electrons. The van der Waals surface area contributed by atoms with Crippen molar-refractivity contribution in [3.63, 3.8) is 0 Å². The summed E-state index contributed by atoms with van der Waals surface area (Å²) in [6, 6.07) is 9.17. The van der Waals surface area contributed by atoms with E-state index in [2.05, 4.69) is 40.9 Å². The zero-order chi connectivity index (χ0) is 13.2. The SMILES string of the molecule is COc1ccc2c(ccn2C[C@H]2CCCCN2C)c1. The Labute approximate surface area is 114 Å². The highest BCUT2D eigenvalue weighted by Gasteiger charge is 2.19. The van der Waals surface area contributed by atoms with Crippen molar-refractivity contribution in [1.82, 2.24) is 9.47 Å². The lowest BCUT2D eigenvalue weighted by atomic mass is 10.0. The summed E-state index contributed by atoms with van der Waals surface area (Å²) in [4.78, 5) is 2.50. The second-order valence-electron chi connectivity index (χ2n) is 5.52. The van der Waals surface area contributed by atoms with Crippen molar-refractivity contribution < 1.29 is 4.74 Å². The summed E-state index contributed by atoms with van der Waals surface area (Å²) in [7, 11) is 3.97. The quantitative estimate of drug-likeness (QED) is 0.841. The molecule has 1 aromatic carbocycles. The summed E-state index contributed by atoms with van der Waals surface area (Å²) in [5.74, 6) is 0.931. The second-order valence-corrected chi connectivity index (χ2v) is 5.52. The highest BCUT2D eigenvalue weighted by Crippen LogP contribution is 2.24. The molecule has 0 bridgehead atoms. The molecule has 1 fully saturated rings. The van der Waals surface area contributed by atoms with Crippen LogP contribution in [0.25, 0.3) is 10.9 Å². The predicted molar refractivity (Wildman–Crippen MR) is 78.8 cm³/mol. The molecule has 0 N–H and O–H groups in total. The number of piperidine rings is 1. The molecule has 3 nitrogen and oxygen atoms in total. The van der Waals surface area contributed by atoms with E-state index in [1.54, 1.807) is 7.11 Å². The molecule has 1 saturated heterocycles. The van der Waals surface area contributed by atoms with Gasteiger partial charge in [-0.25, -0.2) is 0 Å². The van der Waals surface area contributed by atoms with Crippen LogP contribution in [0, 0.1) is 0 Å². The molecule has 0 amide bonds. The molecule has 3 rings (SSSR count). The van der Waals surface area contributed by atoms with E-state index >= 15 is 0 Å². The van der Waals surface area contributed by atoms with E-state index in [1.807, 2.05) is 6.07 Å². The third-order valence-corrected chi connectivity index (χ3v) is 4.31. The van der Waals surface area contributed by atoms with Crippen molar-refractivity contribution in [3.05, 3.63) is 30.5 Å². The lowest BCUT2D eigenvalue weighted by Crippen LogP contribution is -2.38. The summed E-state index contributed by atoms with van der Waals surface area (Å²) in [5.41, 5.74) is 1.31. The van der Waals surface area contributed by atoms with Gasteiger partial charge in [0.25, 0.3) is 0 Å². The van der Waals surface area contributed by atoms with Crippen LogP contribution in [0.2, 0.25) is 0 Å². The van der Waals surface area contributed by atoms with Crippen molar-refractivity contribution in [1.29, 1.82) is 0 Å². The van der Waals surface area contributed by atoms with Gasteiger partial charge >= 0.3 is 0 Å². The number of methoxy groups -OCH3 is 1. The Balaban J connectivity index is 1.84. The van der Waals surface area contributed by atoms with Gasteiger partial charge in [0.2, 0.25) is 0 Å². The predicted octanol–water partition coefficient (Wildman–Crippen LogP) is 3.13. The molecule has 0 aliphatic carbocycles. The largest absolute Gasteiger partial charge is 0.497 e. The molecule has 19 heavy (non-hydrogen) atoms. The van der Waals surface area contributed by atoms with Gasteiger partial charge in [0.05, 0.1) is 7.11 Å². The molecule has 1 aliphatic rings. The van der Waals surface area contributed by atoms with Crippen molar-refractivity contribution >= 4 is 10.9 Å². The fourth-order valence-corrected chi connectivity index (χ4v) is 3.07. The van der Waals surface area contributed by atoms with Crippen LogP contribution in [0.5, 0.6) is 5.75 Å². The first-order valence-corrected chi connectivity index (χ1v) is 7.11. The Hall–Kier alpha value is -1.48. The van der Waals surface area contributed by atoms with Gasteiger partial charge in [-0.1, -0.05) is 6.42 Å². The van der Waals surface area contributed by atoms with Crippen molar-refractivity contribution in [3.8, 4) is 5.75 Å². The minimum absolute atomic E-state index is 0.673. The number of hydrogen-bond acceptors (Lipinski definition) is 2. The first-order valence-electron chi connectivity index (χ1n) is 7.11. The number of ether oxygens (including phenoxy) is 1. The van der Waals surface area contributed by atoms with Gasteiger partial charge in [-0.15, -0.1) is 0 Å². The lowest BCUT2D eigenvalue weighted by molar-refractivity contribution is 0.169. The first-order chi connectivity index (χ1) is 9.28. The molecule has 0 saturated carbocycles. The van der Waals surface area contributed by atoms with Crippen LogP contribution in [0.1, 0.15) is 19.3 Å². The van der Waals surface area contributed by atoms with Crippen LogP contribution < -0.4 is 4.74 Å². The van der Waals surface area contributed by atoms with E-state index < -0.39 is 0 Å². The maximum Gasteiger partial charge on any atom is 0.119 e. The maximum atomic E-state index is 5.28. The monoisotopic (exact) mass is 258 g/mol. The van der Waals surface area contributed by atoms with Crippen molar-refractivity contribution in [2.45, 2.75) is 31.8 Å². The Kier molecular flexibility index (Phi) is 3.47. The minimum atomic E-state index is 0.673. The smallest absolute Gasteiger partial charge is 0.119 e. The average molecular weight is 258 g/mol. The Morgan fingerprint density at radius 2 is 2.16 bits per heavy atom. The fraction of sp³-hybridized carbons (Fsp3) is 0.500. The summed E-state index contributed by atoms with van der Waals surface area (Å²) < 4.78 is 7.66. The number of rotatable bonds is 3. The highest BCUT2D eigenvalue weighted by molar-refractivity contribution is 5.81. The average Bonchev–Trinajstić information content (AvgIpc) is 2.83. The van der Waals surface area contributed by atoms with Crippen LogP contribution in [-0.4, -0.2) is 36.2 Å². The van der Waals surface area contributed by atoms with Gasteiger partial charge in [0.1, 0.15) is 5.75 Å². The Bertz CT molecular complexity index is 561. The Morgan fingerprint density at radius 3 is 2.95 bits per heavy atom. The molecule has 102 valence electrons. The third kappa shape index (κ3) is 2.47. The van der Waals surface area contributed by atoms with Crippen LogP contribution in [-0.2, 0) is 6.54 Å². The van der Waals surface area contributed by atoms with E-state index in [1.165, 1.54) is 36.7 Å². The third-order valence-electron chi connectivity index (χ3n) is 4.31. The highest BCUT2D eigenvalue weighted by atomic mass is 16.5. The van der Waals surface area contributed by atoms with Gasteiger partial charge in [-0.3, -0.25) is 0 Å². The molecular weight excluding hydrogens is 236 g/mol. The molecule has 0 unspecified atom stereocenters. The van der Waals surface area contributed by atoms with Gasteiger partial charge < -0.3 is 14.2 Å². The summed E-state index contributed by atoms with van der Waals surface area (Å²) in [6.07, 6.45) is 6.22. The zero-order valence-electron chi connectivity index (χ0n) is 11.8. The van der Waals surface area contributed by atoms with Crippen LogP contribution in [0.3, 0.4) is 0 Å². The van der Waals surface area contributed by atoms with E-state index in [4.69, 9.17) is 4.74 Å². The molecule has 2 aromatic rings. The zero-order valence-corrected chi connectivity index (χ0v) is 11.8. The normalized spacial score (nSPS) is 20.8. The number of likely N-dealkylation sites (N-methyl/N-ethyl adjacent to an activating group) is 1. The fourth-order valence-electron chi connectivity index (χ4n) is 3.07. The molecule has 3 heteroatoms. The summed E-state index contributed by atoms with van der Waals surface area (Å²) in [6.45, 7) is 2.32. The topological polar surface area (TPSA) is 17.4 Å². The number of benzene rings is 1. The minimum Gasteiger partial charge on any atom is -0.497 e. The maximum absolute atomic E-state index is 5.28. The van der Waals surface area contributed by atoms with Gasteiger partial charge in [-0.2, -0.15) is 0 Å². The van der Waals surface area contributed by atoms with E-state index in [-0.39, 0.29) is 0 Å². The number of hydrogen-bond donors (Lipinski definition) is 0. The van der Waals surface area contributed by atoms with E-state index in [0.717, 1.165) is 12.3 Å². The van der Waals surface area contributed by atoms with Crippen LogP contribution in [0.4, 0.5) is 0 Å².